The van der Waals surface area contributed by atoms with Crippen LogP contribution in [0.2, 0.25) is 0 Å². The SMILES string of the molecule is CCCC/C=C\CCCCCCCC(=O)OCC(COC(=O)CCCCCCCCCCCCCCCCCCCCCCCCC/C=C\C/C=C\CCCCCCC)OC(=O)CCCCCCC/C=C\CCCCCCCCC. The molecule has 6 heteroatoms. The zero-order chi connectivity index (χ0) is 57.8. The second-order valence-electron chi connectivity index (χ2n) is 24.1. The topological polar surface area (TPSA) is 78.9 Å². The molecule has 468 valence electrons. The minimum absolute atomic E-state index is 0.0746. The number of carbonyl (C=O) groups is 3. The zero-order valence-corrected chi connectivity index (χ0v) is 53.9. The first-order chi connectivity index (χ1) is 39.5. The molecule has 0 saturated heterocycles. The molecule has 0 heterocycles. The summed E-state index contributed by atoms with van der Waals surface area (Å²) in [6.07, 6.45) is 87.4. The predicted molar refractivity (Wildman–Crippen MR) is 349 cm³/mol. The number of allylic oxidation sites excluding steroid dienone is 8. The Bertz CT molecular complexity index is 1380. The van der Waals surface area contributed by atoms with Gasteiger partial charge in [-0.15, -0.1) is 0 Å². The molecule has 0 fully saturated rings. The second kappa shape index (κ2) is 68.9. The van der Waals surface area contributed by atoms with Crippen LogP contribution in [-0.2, 0) is 28.6 Å². The van der Waals surface area contributed by atoms with Gasteiger partial charge >= 0.3 is 17.9 Å². The third-order valence-corrected chi connectivity index (χ3v) is 16.0. The molecule has 0 amide bonds. The summed E-state index contributed by atoms with van der Waals surface area (Å²) in [7, 11) is 0. The number of esters is 3. The monoisotopic (exact) mass is 1120 g/mol. The molecule has 0 radical (unpaired) electrons. The van der Waals surface area contributed by atoms with E-state index in [1.807, 2.05) is 0 Å². The highest BCUT2D eigenvalue weighted by Crippen LogP contribution is 2.18. The van der Waals surface area contributed by atoms with E-state index in [0.717, 1.165) is 77.0 Å². The number of unbranched alkanes of at least 4 members (excludes halogenated alkanes) is 47. The van der Waals surface area contributed by atoms with Gasteiger partial charge in [0.2, 0.25) is 0 Å². The normalized spacial score (nSPS) is 12.3. The van der Waals surface area contributed by atoms with E-state index in [1.54, 1.807) is 0 Å². The van der Waals surface area contributed by atoms with Crippen LogP contribution in [0.3, 0.4) is 0 Å². The first kappa shape index (κ1) is 77.4. The summed E-state index contributed by atoms with van der Waals surface area (Å²) >= 11 is 0. The van der Waals surface area contributed by atoms with E-state index in [4.69, 9.17) is 14.2 Å². The molecule has 0 aromatic rings. The van der Waals surface area contributed by atoms with Crippen molar-refractivity contribution in [3.63, 3.8) is 0 Å². The maximum atomic E-state index is 12.9. The van der Waals surface area contributed by atoms with E-state index < -0.39 is 6.10 Å². The Labute approximate surface area is 498 Å². The Morgan fingerprint density at radius 1 is 0.250 bits per heavy atom. The molecule has 0 N–H and O–H groups in total. The lowest BCUT2D eigenvalue weighted by Gasteiger charge is -2.18. The minimum Gasteiger partial charge on any atom is -0.462 e. The van der Waals surface area contributed by atoms with Crippen molar-refractivity contribution in [1.29, 1.82) is 0 Å². The summed E-state index contributed by atoms with van der Waals surface area (Å²) in [5.41, 5.74) is 0. The highest BCUT2D eigenvalue weighted by Gasteiger charge is 2.19. The van der Waals surface area contributed by atoms with Gasteiger partial charge in [-0.2, -0.15) is 0 Å². The van der Waals surface area contributed by atoms with Gasteiger partial charge in [-0.1, -0.05) is 320 Å². The minimum atomic E-state index is -0.778. The van der Waals surface area contributed by atoms with Gasteiger partial charge in [0.1, 0.15) is 13.2 Å². The van der Waals surface area contributed by atoms with Crippen LogP contribution in [0.25, 0.3) is 0 Å². The summed E-state index contributed by atoms with van der Waals surface area (Å²) < 4.78 is 16.9. The van der Waals surface area contributed by atoms with Gasteiger partial charge in [0.15, 0.2) is 6.10 Å². The van der Waals surface area contributed by atoms with E-state index in [1.165, 1.54) is 270 Å². The Morgan fingerprint density at radius 3 is 0.738 bits per heavy atom. The Balaban J connectivity index is 4.03. The highest BCUT2D eigenvalue weighted by molar-refractivity contribution is 5.71. The van der Waals surface area contributed by atoms with Crippen LogP contribution < -0.4 is 0 Å². The molecule has 0 bridgehead atoms. The van der Waals surface area contributed by atoms with Crippen LogP contribution in [-0.4, -0.2) is 37.2 Å². The number of hydrogen-bond donors (Lipinski definition) is 0. The lowest BCUT2D eigenvalue weighted by molar-refractivity contribution is -0.167. The van der Waals surface area contributed by atoms with Crippen molar-refractivity contribution in [2.45, 2.75) is 393 Å². The number of carbonyl (C=O) groups excluding carboxylic acids is 3. The second-order valence-corrected chi connectivity index (χ2v) is 24.1. The van der Waals surface area contributed by atoms with E-state index in [2.05, 4.69) is 69.4 Å². The maximum Gasteiger partial charge on any atom is 0.306 e. The first-order valence-corrected chi connectivity index (χ1v) is 35.6. The van der Waals surface area contributed by atoms with E-state index in [-0.39, 0.29) is 31.1 Å². The number of rotatable bonds is 66. The molecule has 0 rings (SSSR count). The fraction of sp³-hybridized carbons (Fsp3) is 0.851. The van der Waals surface area contributed by atoms with Crippen LogP contribution in [0.1, 0.15) is 387 Å². The molecule has 0 saturated carbocycles. The molecular formula is C74H136O6. The van der Waals surface area contributed by atoms with Crippen LogP contribution in [0.15, 0.2) is 48.6 Å². The molecule has 1 unspecified atom stereocenters. The molecule has 1 atom stereocenters. The largest absolute Gasteiger partial charge is 0.462 e. The third-order valence-electron chi connectivity index (χ3n) is 16.0. The van der Waals surface area contributed by atoms with E-state index >= 15 is 0 Å². The standard InChI is InChI=1S/C74H136O6/c1-4-7-10-13-16-19-22-24-26-28-29-30-31-32-33-34-35-36-37-38-39-40-41-42-43-44-45-46-48-49-52-55-58-61-64-67-73(76)79-70-71(69-78-72(75)66-63-60-57-54-51-21-18-15-12-9-6-3)80-74(77)68-65-62-59-56-53-50-47-27-25-23-20-17-14-11-8-5-2/h15,18,22,24,27-29,47,71H,4-14,16-17,19-21,23,25-26,30-46,48-70H2,1-3H3/b18-15-,24-22-,29-28-,47-27-. The van der Waals surface area contributed by atoms with E-state index in [0.29, 0.717) is 19.3 Å². The fourth-order valence-corrected chi connectivity index (χ4v) is 10.6. The van der Waals surface area contributed by atoms with Gasteiger partial charge in [0.25, 0.3) is 0 Å². The molecule has 6 nitrogen and oxygen atoms in total. The summed E-state index contributed by atoms with van der Waals surface area (Å²) in [4.78, 5) is 38.3. The Kier molecular flexibility index (Phi) is 66.6. The van der Waals surface area contributed by atoms with Crippen molar-refractivity contribution in [1.82, 2.24) is 0 Å². The molecule has 0 aliphatic heterocycles. The Hall–Kier alpha value is -2.63. The molecule has 0 aromatic heterocycles. The smallest absolute Gasteiger partial charge is 0.306 e. The van der Waals surface area contributed by atoms with Crippen LogP contribution in [0, 0.1) is 0 Å². The molecule has 0 spiro atoms. The van der Waals surface area contributed by atoms with Crippen molar-refractivity contribution < 1.29 is 28.6 Å². The predicted octanol–water partition coefficient (Wildman–Crippen LogP) is 24.5. The summed E-state index contributed by atoms with van der Waals surface area (Å²) in [6, 6.07) is 0. The zero-order valence-electron chi connectivity index (χ0n) is 53.9. The average Bonchev–Trinajstić information content (AvgIpc) is 3.46. The van der Waals surface area contributed by atoms with Crippen molar-refractivity contribution in [2.75, 3.05) is 13.2 Å². The third kappa shape index (κ3) is 66.2. The molecule has 80 heavy (non-hydrogen) atoms. The number of ether oxygens (including phenoxy) is 3. The maximum absolute atomic E-state index is 12.9. The lowest BCUT2D eigenvalue weighted by Crippen LogP contribution is -2.30. The lowest BCUT2D eigenvalue weighted by atomic mass is 10.0. The molecule has 0 aromatic carbocycles. The Morgan fingerprint density at radius 2 is 0.463 bits per heavy atom. The molecular weight excluding hydrogens is 985 g/mol. The summed E-state index contributed by atoms with van der Waals surface area (Å²) in [5, 5.41) is 0. The molecule has 0 aliphatic carbocycles. The van der Waals surface area contributed by atoms with E-state index in [9.17, 15) is 14.4 Å². The van der Waals surface area contributed by atoms with Crippen molar-refractivity contribution >= 4 is 17.9 Å². The van der Waals surface area contributed by atoms with Gasteiger partial charge in [0.05, 0.1) is 0 Å². The van der Waals surface area contributed by atoms with Gasteiger partial charge in [0, 0.05) is 19.3 Å². The highest BCUT2D eigenvalue weighted by atomic mass is 16.6. The van der Waals surface area contributed by atoms with Crippen LogP contribution in [0.4, 0.5) is 0 Å². The van der Waals surface area contributed by atoms with Crippen molar-refractivity contribution in [3.05, 3.63) is 48.6 Å². The van der Waals surface area contributed by atoms with Gasteiger partial charge in [-0.3, -0.25) is 14.4 Å². The number of hydrogen-bond acceptors (Lipinski definition) is 6. The van der Waals surface area contributed by atoms with Gasteiger partial charge < -0.3 is 14.2 Å². The summed E-state index contributed by atoms with van der Waals surface area (Å²) in [5.74, 6) is -0.871. The van der Waals surface area contributed by atoms with Crippen molar-refractivity contribution in [3.8, 4) is 0 Å². The van der Waals surface area contributed by atoms with Crippen LogP contribution in [0.5, 0.6) is 0 Å². The van der Waals surface area contributed by atoms with Gasteiger partial charge in [-0.25, -0.2) is 0 Å². The molecule has 0 aliphatic rings. The van der Waals surface area contributed by atoms with Crippen molar-refractivity contribution in [2.24, 2.45) is 0 Å². The summed E-state index contributed by atoms with van der Waals surface area (Å²) in [6.45, 7) is 6.63. The first-order valence-electron chi connectivity index (χ1n) is 35.6. The van der Waals surface area contributed by atoms with Crippen LogP contribution >= 0.6 is 0 Å². The fourth-order valence-electron chi connectivity index (χ4n) is 10.6. The quantitative estimate of drug-likeness (QED) is 0.0261. The van der Waals surface area contributed by atoms with Gasteiger partial charge in [-0.05, 0) is 96.3 Å². The average molecular weight is 1120 g/mol.